The van der Waals surface area contributed by atoms with Crippen LogP contribution in [0.4, 0.5) is 11.4 Å². The fourth-order valence-corrected chi connectivity index (χ4v) is 2.32. The number of nitrogens with one attached hydrogen (secondary N) is 3. The molecule has 1 aromatic carbocycles. The van der Waals surface area contributed by atoms with Crippen LogP contribution in [-0.2, 0) is 6.42 Å². The number of H-pyrrole nitrogens is 1. The number of hydrogen-bond donors (Lipinski definition) is 3. The number of aromatic nitrogens is 1. The van der Waals surface area contributed by atoms with Crippen LogP contribution in [0.5, 0.6) is 0 Å². The van der Waals surface area contributed by atoms with E-state index in [4.69, 9.17) is 0 Å². The molecule has 0 bridgehead atoms. The van der Waals surface area contributed by atoms with Gasteiger partial charge in [0.25, 0.3) is 5.91 Å². The maximum absolute atomic E-state index is 12.0. The first kappa shape index (κ1) is 12.5. The molecule has 1 aliphatic rings. The first-order valence-corrected chi connectivity index (χ1v) is 6.60. The number of carbonyl (C=O) groups excluding carboxylic acids is 1. The van der Waals surface area contributed by atoms with Crippen LogP contribution in [-0.4, -0.2) is 17.4 Å². The van der Waals surface area contributed by atoms with Crippen LogP contribution in [0.1, 0.15) is 22.5 Å². The van der Waals surface area contributed by atoms with Crippen LogP contribution in [0.15, 0.2) is 41.2 Å². The third-order valence-electron chi connectivity index (χ3n) is 3.32. The van der Waals surface area contributed by atoms with E-state index in [1.165, 1.54) is 11.6 Å². The summed E-state index contributed by atoms with van der Waals surface area (Å²) in [5.74, 6) is -0.321. The Morgan fingerprint density at radius 1 is 1.20 bits per heavy atom. The number of aromatic amines is 1. The van der Waals surface area contributed by atoms with E-state index in [1.807, 2.05) is 18.2 Å². The first-order valence-electron chi connectivity index (χ1n) is 6.60. The van der Waals surface area contributed by atoms with Gasteiger partial charge in [0.05, 0.1) is 0 Å². The Morgan fingerprint density at radius 2 is 2.10 bits per heavy atom. The molecule has 0 radical (unpaired) electrons. The molecule has 2 heterocycles. The number of aryl methyl sites for hydroxylation is 1. The maximum Gasteiger partial charge on any atom is 0.272 e. The van der Waals surface area contributed by atoms with Gasteiger partial charge in [-0.05, 0) is 36.6 Å². The summed E-state index contributed by atoms with van der Waals surface area (Å²) in [5.41, 5.74) is 3.01. The van der Waals surface area contributed by atoms with E-state index < -0.39 is 0 Å². The maximum atomic E-state index is 12.0. The lowest BCUT2D eigenvalue weighted by Crippen LogP contribution is -2.18. The Bertz CT molecular complexity index is 706. The quantitative estimate of drug-likeness (QED) is 0.780. The molecule has 5 nitrogen and oxygen atoms in total. The minimum Gasteiger partial charge on any atom is -0.385 e. The molecule has 0 spiro atoms. The summed E-state index contributed by atoms with van der Waals surface area (Å²) in [4.78, 5) is 25.7. The van der Waals surface area contributed by atoms with E-state index in [-0.39, 0.29) is 17.2 Å². The van der Waals surface area contributed by atoms with Gasteiger partial charge in [0, 0.05) is 24.0 Å². The van der Waals surface area contributed by atoms with Crippen molar-refractivity contribution in [3.05, 3.63) is 58.0 Å². The van der Waals surface area contributed by atoms with E-state index in [9.17, 15) is 9.59 Å². The minimum atomic E-state index is -0.321. The van der Waals surface area contributed by atoms with Crippen LogP contribution in [0.3, 0.4) is 0 Å². The SMILES string of the molecule is O=C(Nc1ccc2c(c1)NCCC2)c1cccc(=O)[nH]1. The van der Waals surface area contributed by atoms with Crippen molar-refractivity contribution in [2.24, 2.45) is 0 Å². The Morgan fingerprint density at radius 3 is 2.95 bits per heavy atom. The molecule has 0 saturated heterocycles. The second kappa shape index (κ2) is 5.21. The zero-order valence-electron chi connectivity index (χ0n) is 10.9. The molecular weight excluding hydrogens is 254 g/mol. The Kier molecular flexibility index (Phi) is 3.25. The number of benzene rings is 1. The largest absolute Gasteiger partial charge is 0.385 e. The van der Waals surface area contributed by atoms with Crippen LogP contribution in [0, 0.1) is 0 Å². The highest BCUT2D eigenvalue weighted by molar-refractivity contribution is 6.03. The van der Waals surface area contributed by atoms with Crippen LogP contribution < -0.4 is 16.2 Å². The average molecular weight is 269 g/mol. The summed E-state index contributed by atoms with van der Waals surface area (Å²) < 4.78 is 0. The van der Waals surface area contributed by atoms with Gasteiger partial charge >= 0.3 is 0 Å². The number of amides is 1. The fourth-order valence-electron chi connectivity index (χ4n) is 2.32. The van der Waals surface area contributed by atoms with E-state index in [1.54, 1.807) is 12.1 Å². The lowest BCUT2D eigenvalue weighted by molar-refractivity contribution is 0.102. The van der Waals surface area contributed by atoms with Crippen molar-refractivity contribution in [2.75, 3.05) is 17.2 Å². The minimum absolute atomic E-state index is 0.253. The Balaban J connectivity index is 1.81. The molecule has 102 valence electrons. The normalized spacial score (nSPS) is 13.2. The van der Waals surface area contributed by atoms with E-state index in [0.717, 1.165) is 25.1 Å². The summed E-state index contributed by atoms with van der Waals surface area (Å²) >= 11 is 0. The zero-order valence-corrected chi connectivity index (χ0v) is 10.9. The Labute approximate surface area is 116 Å². The number of pyridine rings is 1. The van der Waals surface area contributed by atoms with Gasteiger partial charge < -0.3 is 15.6 Å². The molecule has 0 unspecified atom stereocenters. The predicted molar refractivity (Wildman–Crippen MR) is 78.3 cm³/mol. The topological polar surface area (TPSA) is 74.0 Å². The molecule has 3 N–H and O–H groups in total. The van der Waals surface area contributed by atoms with Crippen molar-refractivity contribution in [1.29, 1.82) is 0 Å². The van der Waals surface area contributed by atoms with Crippen LogP contribution >= 0.6 is 0 Å². The lowest BCUT2D eigenvalue weighted by atomic mass is 10.0. The van der Waals surface area contributed by atoms with Crippen molar-refractivity contribution in [2.45, 2.75) is 12.8 Å². The van der Waals surface area contributed by atoms with Crippen molar-refractivity contribution < 1.29 is 4.79 Å². The summed E-state index contributed by atoms with van der Waals surface area (Å²) in [6.45, 7) is 0.955. The molecule has 2 aromatic rings. The Hall–Kier alpha value is -2.56. The summed E-state index contributed by atoms with van der Waals surface area (Å²) in [5, 5.41) is 6.10. The smallest absolute Gasteiger partial charge is 0.272 e. The molecule has 3 rings (SSSR count). The fraction of sp³-hybridized carbons (Fsp3) is 0.200. The first-order chi connectivity index (χ1) is 9.72. The third kappa shape index (κ3) is 2.56. The highest BCUT2D eigenvalue weighted by Gasteiger charge is 2.11. The van der Waals surface area contributed by atoms with Crippen molar-refractivity contribution in [1.82, 2.24) is 4.98 Å². The van der Waals surface area contributed by atoms with Gasteiger partial charge in [0.2, 0.25) is 5.56 Å². The van der Waals surface area contributed by atoms with E-state index >= 15 is 0 Å². The van der Waals surface area contributed by atoms with Crippen molar-refractivity contribution >= 4 is 17.3 Å². The number of carbonyl (C=O) groups is 1. The van der Waals surface area contributed by atoms with Crippen LogP contribution in [0.2, 0.25) is 0 Å². The molecule has 0 atom stereocenters. The average Bonchev–Trinajstić information content (AvgIpc) is 2.47. The highest BCUT2D eigenvalue weighted by atomic mass is 16.2. The zero-order chi connectivity index (χ0) is 13.9. The third-order valence-corrected chi connectivity index (χ3v) is 3.32. The van der Waals surface area contributed by atoms with Crippen LogP contribution in [0.25, 0.3) is 0 Å². The van der Waals surface area contributed by atoms with Gasteiger partial charge in [0.1, 0.15) is 5.69 Å². The highest BCUT2D eigenvalue weighted by Crippen LogP contribution is 2.25. The molecule has 5 heteroatoms. The van der Waals surface area contributed by atoms with Crippen molar-refractivity contribution in [3.63, 3.8) is 0 Å². The second-order valence-electron chi connectivity index (χ2n) is 4.79. The second-order valence-corrected chi connectivity index (χ2v) is 4.79. The van der Waals surface area contributed by atoms with Gasteiger partial charge in [-0.1, -0.05) is 12.1 Å². The van der Waals surface area contributed by atoms with E-state index in [0.29, 0.717) is 5.69 Å². The van der Waals surface area contributed by atoms with Gasteiger partial charge in [-0.2, -0.15) is 0 Å². The standard InChI is InChI=1S/C15H15N3O2/c19-14-5-1-4-12(18-14)15(20)17-11-7-6-10-3-2-8-16-13(10)9-11/h1,4-7,9,16H,2-3,8H2,(H,17,20)(H,18,19). The molecule has 1 aromatic heterocycles. The van der Waals surface area contributed by atoms with E-state index in [2.05, 4.69) is 15.6 Å². The molecule has 20 heavy (non-hydrogen) atoms. The monoisotopic (exact) mass is 269 g/mol. The number of rotatable bonds is 2. The van der Waals surface area contributed by atoms with Crippen molar-refractivity contribution in [3.8, 4) is 0 Å². The molecule has 1 amide bonds. The summed E-state index contributed by atoms with van der Waals surface area (Å²) in [7, 11) is 0. The van der Waals surface area contributed by atoms with Gasteiger partial charge in [-0.15, -0.1) is 0 Å². The van der Waals surface area contributed by atoms with Gasteiger partial charge in [-0.25, -0.2) is 0 Å². The lowest BCUT2D eigenvalue weighted by Gasteiger charge is -2.18. The predicted octanol–water partition coefficient (Wildman–Crippen LogP) is 1.99. The molecule has 1 aliphatic heterocycles. The van der Waals surface area contributed by atoms with Gasteiger partial charge in [-0.3, -0.25) is 9.59 Å². The number of fused-ring (bicyclic) bond motifs is 1. The number of hydrogen-bond acceptors (Lipinski definition) is 3. The molecule has 0 fully saturated rings. The molecule has 0 saturated carbocycles. The van der Waals surface area contributed by atoms with Gasteiger partial charge in [0.15, 0.2) is 0 Å². The summed E-state index contributed by atoms with van der Waals surface area (Å²) in [6, 6.07) is 10.3. The number of anilines is 2. The molecular formula is C15H15N3O2. The summed E-state index contributed by atoms with van der Waals surface area (Å²) in [6.07, 6.45) is 2.19. The molecule has 0 aliphatic carbocycles.